The molecule has 1 unspecified atom stereocenters. The first-order valence-corrected chi connectivity index (χ1v) is 6.88. The molecule has 1 aliphatic rings. The molecule has 98 valence electrons. The highest BCUT2D eigenvalue weighted by Crippen LogP contribution is 2.38. The molecule has 1 heterocycles. The number of ether oxygens (including phenoxy) is 1. The molecule has 1 aromatic carbocycles. The van der Waals surface area contributed by atoms with Gasteiger partial charge in [-0.1, -0.05) is 44.2 Å². The first-order chi connectivity index (χ1) is 8.74. The van der Waals surface area contributed by atoms with Crippen LogP contribution in [0.3, 0.4) is 0 Å². The molecule has 2 N–H and O–H groups in total. The van der Waals surface area contributed by atoms with E-state index in [0.717, 1.165) is 31.6 Å². The van der Waals surface area contributed by atoms with Gasteiger partial charge < -0.3 is 10.5 Å². The van der Waals surface area contributed by atoms with Gasteiger partial charge in [0.2, 0.25) is 0 Å². The summed E-state index contributed by atoms with van der Waals surface area (Å²) in [6, 6.07) is 10.6. The van der Waals surface area contributed by atoms with Gasteiger partial charge in [0.05, 0.1) is 12.6 Å². The number of benzene rings is 1. The molecule has 1 aliphatic heterocycles. The fraction of sp³-hybridized carbons (Fsp3) is 0.500. The summed E-state index contributed by atoms with van der Waals surface area (Å²) in [6.07, 6.45) is 5.18. The molecule has 0 amide bonds. The van der Waals surface area contributed by atoms with Gasteiger partial charge in [-0.25, -0.2) is 0 Å². The van der Waals surface area contributed by atoms with Crippen LogP contribution in [-0.2, 0) is 10.2 Å². The Kier molecular flexibility index (Phi) is 4.07. The van der Waals surface area contributed by atoms with Gasteiger partial charge >= 0.3 is 0 Å². The summed E-state index contributed by atoms with van der Waals surface area (Å²) in [5.41, 5.74) is 7.82. The first-order valence-electron chi connectivity index (χ1n) is 6.88. The highest BCUT2D eigenvalue weighted by atomic mass is 16.5. The minimum atomic E-state index is -0.0441. The summed E-state index contributed by atoms with van der Waals surface area (Å²) < 4.78 is 5.68. The van der Waals surface area contributed by atoms with E-state index >= 15 is 0 Å². The number of nitrogens with two attached hydrogens (primary N) is 1. The first kappa shape index (κ1) is 13.2. The van der Waals surface area contributed by atoms with E-state index < -0.39 is 0 Å². The molecular formula is C16H23NO. The lowest BCUT2D eigenvalue weighted by molar-refractivity contribution is 0.189. The highest BCUT2D eigenvalue weighted by molar-refractivity contribution is 5.31. The van der Waals surface area contributed by atoms with Gasteiger partial charge in [-0.05, 0) is 24.5 Å². The largest absolute Gasteiger partial charge is 0.496 e. The lowest BCUT2D eigenvalue weighted by Crippen LogP contribution is -2.46. The molecule has 2 nitrogen and oxygen atoms in total. The van der Waals surface area contributed by atoms with Gasteiger partial charge in [-0.3, -0.25) is 0 Å². The summed E-state index contributed by atoms with van der Waals surface area (Å²) in [4.78, 5) is 0. The van der Waals surface area contributed by atoms with Crippen molar-refractivity contribution in [1.29, 1.82) is 0 Å². The monoisotopic (exact) mass is 245 g/mol. The molecule has 0 aliphatic carbocycles. The minimum absolute atomic E-state index is 0.0164. The zero-order valence-electron chi connectivity index (χ0n) is 11.4. The predicted molar refractivity (Wildman–Crippen MR) is 75.3 cm³/mol. The molecule has 0 bridgehead atoms. The van der Waals surface area contributed by atoms with Gasteiger partial charge in [0.15, 0.2) is 0 Å². The van der Waals surface area contributed by atoms with Gasteiger partial charge in [0.1, 0.15) is 5.76 Å². The lowest BCUT2D eigenvalue weighted by atomic mass is 9.70. The van der Waals surface area contributed by atoms with Crippen LogP contribution in [0.4, 0.5) is 0 Å². The topological polar surface area (TPSA) is 35.2 Å². The van der Waals surface area contributed by atoms with Gasteiger partial charge in [0, 0.05) is 11.8 Å². The Morgan fingerprint density at radius 2 is 1.89 bits per heavy atom. The molecule has 0 aromatic heterocycles. The van der Waals surface area contributed by atoms with E-state index in [-0.39, 0.29) is 11.5 Å². The van der Waals surface area contributed by atoms with Crippen LogP contribution in [0.5, 0.6) is 0 Å². The van der Waals surface area contributed by atoms with Gasteiger partial charge in [-0.15, -0.1) is 0 Å². The molecule has 2 heteroatoms. The number of hydrogen-bond acceptors (Lipinski definition) is 2. The Labute approximate surface area is 110 Å². The molecule has 1 aromatic rings. The quantitative estimate of drug-likeness (QED) is 0.863. The maximum Gasteiger partial charge on any atom is 0.110 e. The maximum absolute atomic E-state index is 6.52. The van der Waals surface area contributed by atoms with E-state index in [9.17, 15) is 0 Å². The van der Waals surface area contributed by atoms with E-state index in [4.69, 9.17) is 10.5 Å². The van der Waals surface area contributed by atoms with Crippen LogP contribution in [0.2, 0.25) is 0 Å². The van der Waals surface area contributed by atoms with Crippen LogP contribution in [0.1, 0.15) is 38.7 Å². The second kappa shape index (κ2) is 5.57. The second-order valence-corrected chi connectivity index (χ2v) is 4.95. The highest BCUT2D eigenvalue weighted by Gasteiger charge is 2.38. The zero-order chi connectivity index (χ0) is 13.0. The molecule has 0 radical (unpaired) electrons. The van der Waals surface area contributed by atoms with Crippen molar-refractivity contribution in [1.82, 2.24) is 0 Å². The van der Waals surface area contributed by atoms with Crippen LogP contribution in [0.15, 0.2) is 42.2 Å². The normalized spacial score (nSPS) is 17.2. The van der Waals surface area contributed by atoms with Gasteiger partial charge in [-0.2, -0.15) is 0 Å². The van der Waals surface area contributed by atoms with E-state index in [0.29, 0.717) is 0 Å². The van der Waals surface area contributed by atoms with Gasteiger partial charge in [0.25, 0.3) is 0 Å². The second-order valence-electron chi connectivity index (χ2n) is 4.95. The van der Waals surface area contributed by atoms with E-state index in [1.54, 1.807) is 0 Å². The molecule has 18 heavy (non-hydrogen) atoms. The van der Waals surface area contributed by atoms with Crippen LogP contribution in [0.25, 0.3) is 0 Å². The van der Waals surface area contributed by atoms with Crippen molar-refractivity contribution in [3.63, 3.8) is 0 Å². The van der Waals surface area contributed by atoms with Crippen LogP contribution < -0.4 is 5.73 Å². The summed E-state index contributed by atoms with van der Waals surface area (Å²) in [5, 5.41) is 0. The Balaban J connectivity index is 2.37. The average Bonchev–Trinajstić information content (AvgIpc) is 2.96. The predicted octanol–water partition coefficient (Wildman–Crippen LogP) is 3.38. The SMILES string of the molecule is CCC(CC)(c1ccccc1)C(N)C1=CCCO1. The van der Waals surface area contributed by atoms with Crippen molar-refractivity contribution in [3.8, 4) is 0 Å². The van der Waals surface area contributed by atoms with Crippen molar-refractivity contribution in [2.24, 2.45) is 5.73 Å². The van der Waals surface area contributed by atoms with Crippen LogP contribution in [-0.4, -0.2) is 12.6 Å². The minimum Gasteiger partial charge on any atom is -0.496 e. The Morgan fingerprint density at radius 1 is 1.22 bits per heavy atom. The Bertz CT molecular complexity index is 406. The third kappa shape index (κ3) is 2.17. The zero-order valence-corrected chi connectivity index (χ0v) is 11.4. The van der Waals surface area contributed by atoms with E-state index in [1.807, 2.05) is 0 Å². The van der Waals surface area contributed by atoms with E-state index in [1.165, 1.54) is 5.56 Å². The van der Waals surface area contributed by atoms with Crippen molar-refractivity contribution >= 4 is 0 Å². The average molecular weight is 245 g/mol. The van der Waals surface area contributed by atoms with Crippen LogP contribution in [0, 0.1) is 0 Å². The van der Waals surface area contributed by atoms with E-state index in [2.05, 4.69) is 50.3 Å². The molecule has 2 rings (SSSR count). The van der Waals surface area contributed by atoms with Crippen molar-refractivity contribution in [2.45, 2.75) is 44.6 Å². The lowest BCUT2D eigenvalue weighted by Gasteiger charge is -2.38. The molecule has 0 fully saturated rings. The smallest absolute Gasteiger partial charge is 0.110 e. The third-order valence-electron chi connectivity index (χ3n) is 4.24. The summed E-state index contributed by atoms with van der Waals surface area (Å²) in [5.74, 6) is 0.975. The van der Waals surface area contributed by atoms with Crippen molar-refractivity contribution in [3.05, 3.63) is 47.7 Å². The summed E-state index contributed by atoms with van der Waals surface area (Å²) >= 11 is 0. The standard InChI is InChI=1S/C16H23NO/c1-3-16(4-2,13-9-6-5-7-10-13)15(17)14-11-8-12-18-14/h5-7,9-11,15H,3-4,8,12,17H2,1-2H3. The van der Waals surface area contributed by atoms with Crippen LogP contribution >= 0.6 is 0 Å². The molecule has 0 spiro atoms. The number of hydrogen-bond donors (Lipinski definition) is 1. The third-order valence-corrected chi connectivity index (χ3v) is 4.24. The fourth-order valence-corrected chi connectivity index (χ4v) is 2.97. The molecular weight excluding hydrogens is 222 g/mol. The Morgan fingerprint density at radius 3 is 2.39 bits per heavy atom. The maximum atomic E-state index is 6.52. The molecule has 1 atom stereocenters. The molecule has 0 saturated heterocycles. The summed E-state index contributed by atoms with van der Waals surface area (Å²) in [7, 11) is 0. The molecule has 0 saturated carbocycles. The van der Waals surface area contributed by atoms with Crippen molar-refractivity contribution in [2.75, 3.05) is 6.61 Å². The van der Waals surface area contributed by atoms with Crippen molar-refractivity contribution < 1.29 is 4.74 Å². The Hall–Kier alpha value is -1.28. The number of rotatable bonds is 5. The fourth-order valence-electron chi connectivity index (χ4n) is 2.97. The summed E-state index contributed by atoms with van der Waals surface area (Å²) in [6.45, 7) is 5.21.